The van der Waals surface area contributed by atoms with Gasteiger partial charge in [0.15, 0.2) is 10.8 Å². The van der Waals surface area contributed by atoms with E-state index < -0.39 is 0 Å². The number of amides is 1. The van der Waals surface area contributed by atoms with Gasteiger partial charge in [-0.25, -0.2) is 9.37 Å². The molecule has 4 rings (SSSR count). The number of anilines is 1. The Balaban J connectivity index is 1.56. The van der Waals surface area contributed by atoms with Crippen molar-refractivity contribution in [2.45, 2.75) is 26.3 Å². The lowest BCUT2D eigenvalue weighted by Crippen LogP contribution is -2.39. The average Bonchev–Trinajstić information content (AvgIpc) is 3.38. The molecule has 1 amide bonds. The van der Waals surface area contributed by atoms with Crippen LogP contribution >= 0.6 is 11.3 Å². The molecule has 0 unspecified atom stereocenters. The number of hydrogen-bond donors (Lipinski definition) is 0. The van der Waals surface area contributed by atoms with Crippen LogP contribution in [0.25, 0.3) is 10.2 Å². The number of rotatable bonds is 7. The summed E-state index contributed by atoms with van der Waals surface area (Å²) in [5.41, 5.74) is 1.08. The van der Waals surface area contributed by atoms with E-state index in [9.17, 15) is 9.18 Å². The van der Waals surface area contributed by atoms with E-state index in [-0.39, 0.29) is 17.8 Å². The van der Waals surface area contributed by atoms with Crippen molar-refractivity contribution < 1.29 is 13.9 Å². The zero-order valence-electron chi connectivity index (χ0n) is 17.3. The molecule has 1 aromatic carbocycles. The van der Waals surface area contributed by atoms with Crippen LogP contribution in [0.1, 0.15) is 36.8 Å². The molecule has 160 valence electrons. The van der Waals surface area contributed by atoms with Gasteiger partial charge in [-0.15, -0.1) is 0 Å². The highest BCUT2D eigenvalue weighted by Crippen LogP contribution is 2.30. The summed E-state index contributed by atoms with van der Waals surface area (Å²) in [4.78, 5) is 21.9. The average molecular weight is 432 g/mol. The molecule has 1 fully saturated rings. The van der Waals surface area contributed by atoms with E-state index in [1.165, 1.54) is 23.5 Å². The van der Waals surface area contributed by atoms with E-state index >= 15 is 0 Å². The van der Waals surface area contributed by atoms with Gasteiger partial charge in [0, 0.05) is 38.4 Å². The number of benzene rings is 1. The standard InChI is InChI=1S/C21H26FN5O2S/c1-15(2)27-9-6-18(24-27)20(28)26(8-3-7-25-10-12-29-13-11-25)21-23-17-5-4-16(22)14-19(17)30-21/h4-6,9,14-15H,3,7-8,10-13H2,1-2H3. The highest BCUT2D eigenvalue weighted by molar-refractivity contribution is 7.22. The second-order valence-electron chi connectivity index (χ2n) is 7.65. The lowest BCUT2D eigenvalue weighted by molar-refractivity contribution is 0.0376. The Morgan fingerprint density at radius 3 is 2.83 bits per heavy atom. The Hall–Kier alpha value is -2.36. The van der Waals surface area contributed by atoms with Crippen molar-refractivity contribution in [1.29, 1.82) is 0 Å². The normalized spacial score (nSPS) is 15.2. The van der Waals surface area contributed by atoms with Gasteiger partial charge in [-0.05, 0) is 44.5 Å². The molecule has 0 bridgehead atoms. The fourth-order valence-electron chi connectivity index (χ4n) is 3.44. The number of fused-ring (bicyclic) bond motifs is 1. The number of hydrogen-bond acceptors (Lipinski definition) is 6. The minimum atomic E-state index is -0.307. The minimum Gasteiger partial charge on any atom is -0.379 e. The molecule has 7 nitrogen and oxygen atoms in total. The topological polar surface area (TPSA) is 63.5 Å². The largest absolute Gasteiger partial charge is 0.379 e. The van der Waals surface area contributed by atoms with Crippen LogP contribution < -0.4 is 4.90 Å². The summed E-state index contributed by atoms with van der Waals surface area (Å²) in [6.07, 6.45) is 2.62. The molecular formula is C21H26FN5O2S. The van der Waals surface area contributed by atoms with Gasteiger partial charge in [-0.3, -0.25) is 19.3 Å². The molecule has 30 heavy (non-hydrogen) atoms. The van der Waals surface area contributed by atoms with Gasteiger partial charge in [-0.1, -0.05) is 11.3 Å². The first-order valence-electron chi connectivity index (χ1n) is 10.2. The van der Waals surface area contributed by atoms with Crippen molar-refractivity contribution in [3.63, 3.8) is 0 Å². The van der Waals surface area contributed by atoms with Crippen LogP contribution in [0.5, 0.6) is 0 Å². The maximum Gasteiger partial charge on any atom is 0.280 e. The number of aromatic nitrogens is 3. The third-order valence-electron chi connectivity index (χ3n) is 5.13. The maximum atomic E-state index is 13.6. The zero-order valence-corrected chi connectivity index (χ0v) is 18.1. The third-order valence-corrected chi connectivity index (χ3v) is 6.17. The summed E-state index contributed by atoms with van der Waals surface area (Å²) in [6, 6.07) is 6.41. The summed E-state index contributed by atoms with van der Waals surface area (Å²) in [6.45, 7) is 8.75. The number of carbonyl (C=O) groups is 1. The SMILES string of the molecule is CC(C)n1ccc(C(=O)N(CCCN2CCOCC2)c2nc3ccc(F)cc3s2)n1. The van der Waals surface area contributed by atoms with Crippen molar-refractivity contribution >= 4 is 32.6 Å². The molecule has 3 aromatic rings. The fourth-order valence-corrected chi connectivity index (χ4v) is 4.46. The first-order valence-corrected chi connectivity index (χ1v) is 11.1. The van der Waals surface area contributed by atoms with Crippen molar-refractivity contribution in [3.05, 3.63) is 42.0 Å². The second kappa shape index (κ2) is 9.20. The van der Waals surface area contributed by atoms with Gasteiger partial charge < -0.3 is 4.74 Å². The lowest BCUT2D eigenvalue weighted by Gasteiger charge is -2.27. The van der Waals surface area contributed by atoms with Gasteiger partial charge in [-0.2, -0.15) is 5.10 Å². The maximum absolute atomic E-state index is 13.6. The predicted octanol–water partition coefficient (Wildman–Crippen LogP) is 3.58. The Morgan fingerprint density at radius 1 is 1.30 bits per heavy atom. The molecule has 1 aliphatic rings. The molecule has 0 saturated carbocycles. The molecule has 9 heteroatoms. The number of ether oxygens (including phenoxy) is 1. The molecule has 3 heterocycles. The number of halogens is 1. The van der Waals surface area contributed by atoms with E-state index in [0.29, 0.717) is 22.9 Å². The summed E-state index contributed by atoms with van der Waals surface area (Å²) < 4.78 is 21.5. The number of thiazole rings is 1. The van der Waals surface area contributed by atoms with Crippen molar-refractivity contribution in [2.24, 2.45) is 0 Å². The molecule has 0 spiro atoms. The quantitative estimate of drug-likeness (QED) is 0.572. The van der Waals surface area contributed by atoms with Gasteiger partial charge >= 0.3 is 0 Å². The molecular weight excluding hydrogens is 405 g/mol. The Morgan fingerprint density at radius 2 is 2.10 bits per heavy atom. The van der Waals surface area contributed by atoms with Crippen LogP contribution in [0.3, 0.4) is 0 Å². The van der Waals surface area contributed by atoms with E-state index in [1.807, 2.05) is 20.0 Å². The summed E-state index contributed by atoms with van der Waals surface area (Å²) in [7, 11) is 0. The number of carbonyl (C=O) groups excluding carboxylic acids is 1. The van der Waals surface area contributed by atoms with Crippen LogP contribution in [0.15, 0.2) is 30.5 Å². The van der Waals surface area contributed by atoms with E-state index in [4.69, 9.17) is 4.74 Å². The highest BCUT2D eigenvalue weighted by atomic mass is 32.1. The summed E-state index contributed by atoms with van der Waals surface area (Å²) in [5.74, 6) is -0.491. The van der Waals surface area contributed by atoms with Crippen molar-refractivity contribution in [2.75, 3.05) is 44.3 Å². The van der Waals surface area contributed by atoms with Crippen LogP contribution in [0.4, 0.5) is 9.52 Å². The molecule has 1 aliphatic heterocycles. The van der Waals surface area contributed by atoms with Crippen molar-refractivity contribution in [1.82, 2.24) is 19.7 Å². The third kappa shape index (κ3) is 4.69. The zero-order chi connectivity index (χ0) is 21.1. The molecule has 2 aromatic heterocycles. The molecule has 0 N–H and O–H groups in total. The second-order valence-corrected chi connectivity index (χ2v) is 8.66. The Kier molecular flexibility index (Phi) is 6.40. The van der Waals surface area contributed by atoms with Gasteiger partial charge in [0.1, 0.15) is 5.82 Å². The highest BCUT2D eigenvalue weighted by Gasteiger charge is 2.24. The first kappa shape index (κ1) is 20.9. The van der Waals surface area contributed by atoms with Crippen LogP contribution in [0.2, 0.25) is 0 Å². The minimum absolute atomic E-state index is 0.173. The number of nitrogens with zero attached hydrogens (tertiary/aromatic N) is 5. The lowest BCUT2D eigenvalue weighted by atomic mass is 10.3. The van der Waals surface area contributed by atoms with E-state index in [0.717, 1.165) is 44.0 Å². The molecule has 0 atom stereocenters. The van der Waals surface area contributed by atoms with Crippen LogP contribution in [0, 0.1) is 5.82 Å². The molecule has 0 aliphatic carbocycles. The monoisotopic (exact) mass is 431 g/mol. The number of morpholine rings is 1. The molecule has 1 saturated heterocycles. The van der Waals surface area contributed by atoms with E-state index in [2.05, 4.69) is 15.0 Å². The van der Waals surface area contributed by atoms with Gasteiger partial charge in [0.25, 0.3) is 5.91 Å². The van der Waals surface area contributed by atoms with E-state index in [1.54, 1.807) is 21.7 Å². The predicted molar refractivity (Wildman–Crippen MR) is 116 cm³/mol. The van der Waals surface area contributed by atoms with Crippen LogP contribution in [-0.4, -0.2) is 65.0 Å². The van der Waals surface area contributed by atoms with Gasteiger partial charge in [0.05, 0.1) is 23.4 Å². The Bertz CT molecular complexity index is 1010. The fraction of sp³-hybridized carbons (Fsp3) is 0.476. The summed E-state index contributed by atoms with van der Waals surface area (Å²) in [5, 5.41) is 5.01. The Labute approximate surface area is 179 Å². The summed E-state index contributed by atoms with van der Waals surface area (Å²) >= 11 is 1.33. The van der Waals surface area contributed by atoms with Crippen molar-refractivity contribution in [3.8, 4) is 0 Å². The van der Waals surface area contributed by atoms with Crippen LogP contribution in [-0.2, 0) is 4.74 Å². The first-order chi connectivity index (χ1) is 14.5. The molecule has 0 radical (unpaired) electrons. The smallest absolute Gasteiger partial charge is 0.280 e. The van der Waals surface area contributed by atoms with Gasteiger partial charge in [0.2, 0.25) is 0 Å².